The second-order valence-electron chi connectivity index (χ2n) is 5.47. The van der Waals surface area contributed by atoms with Gasteiger partial charge in [-0.2, -0.15) is 11.3 Å². The molecular weight excluding hydrogens is 264 g/mol. The third-order valence-electron chi connectivity index (χ3n) is 3.79. The molecule has 0 aliphatic heterocycles. The molecule has 0 amide bonds. The van der Waals surface area contributed by atoms with Crippen molar-refractivity contribution in [2.45, 2.75) is 38.9 Å². The van der Waals surface area contributed by atoms with Crippen molar-refractivity contribution in [3.63, 3.8) is 0 Å². The van der Waals surface area contributed by atoms with Gasteiger partial charge in [0.25, 0.3) is 0 Å². The van der Waals surface area contributed by atoms with Gasteiger partial charge in [0, 0.05) is 12.6 Å². The first-order valence-corrected chi connectivity index (χ1v) is 8.09. The van der Waals surface area contributed by atoms with Crippen molar-refractivity contribution in [2.75, 3.05) is 7.05 Å². The number of rotatable bonds is 6. The molecule has 2 nitrogen and oxygen atoms in total. The molecule has 0 radical (unpaired) electrons. The van der Waals surface area contributed by atoms with Crippen LogP contribution in [0, 0.1) is 6.92 Å². The number of benzene rings is 1. The van der Waals surface area contributed by atoms with Gasteiger partial charge in [0.05, 0.1) is 6.04 Å². The summed E-state index contributed by atoms with van der Waals surface area (Å²) in [5.74, 6) is 0. The van der Waals surface area contributed by atoms with Crippen molar-refractivity contribution in [1.29, 1.82) is 0 Å². The topological polar surface area (TPSA) is 29.3 Å². The van der Waals surface area contributed by atoms with E-state index in [1.807, 2.05) is 0 Å². The molecule has 3 heteroatoms. The van der Waals surface area contributed by atoms with E-state index in [-0.39, 0.29) is 12.1 Å². The molecule has 2 unspecified atom stereocenters. The number of hydrogen-bond donors (Lipinski definition) is 1. The van der Waals surface area contributed by atoms with Crippen molar-refractivity contribution in [1.82, 2.24) is 4.90 Å². The Labute approximate surface area is 126 Å². The fourth-order valence-corrected chi connectivity index (χ4v) is 3.26. The van der Waals surface area contributed by atoms with E-state index in [9.17, 15) is 0 Å². The lowest BCUT2D eigenvalue weighted by Gasteiger charge is -2.32. The van der Waals surface area contributed by atoms with Gasteiger partial charge < -0.3 is 5.73 Å². The Balaban J connectivity index is 2.14. The maximum Gasteiger partial charge on any atom is 0.0507 e. The molecule has 108 valence electrons. The average molecular weight is 288 g/mol. The molecule has 2 rings (SSSR count). The summed E-state index contributed by atoms with van der Waals surface area (Å²) in [5.41, 5.74) is 10.3. The van der Waals surface area contributed by atoms with Gasteiger partial charge in [0.2, 0.25) is 0 Å². The van der Waals surface area contributed by atoms with E-state index in [0.717, 1.165) is 13.0 Å². The third-order valence-corrected chi connectivity index (χ3v) is 4.49. The molecular formula is C17H24N2S. The van der Waals surface area contributed by atoms with Crippen LogP contribution < -0.4 is 5.73 Å². The molecule has 0 aliphatic rings. The normalized spacial score (nSPS) is 14.4. The standard InChI is InChI=1S/C17H24N2S/c1-4-16(18)17(15-9-10-20-12-15)19(3)11-14-7-5-13(2)6-8-14/h5-10,12,16-17H,4,11,18H2,1-3H3. The lowest BCUT2D eigenvalue weighted by atomic mass is 9.98. The SMILES string of the molecule is CCC(N)C(c1ccsc1)N(C)Cc1ccc(C)cc1. The highest BCUT2D eigenvalue weighted by Gasteiger charge is 2.23. The maximum absolute atomic E-state index is 6.35. The van der Waals surface area contributed by atoms with Crippen LogP contribution in [0.15, 0.2) is 41.1 Å². The first-order chi connectivity index (χ1) is 9.61. The predicted octanol–water partition coefficient (Wildman–Crippen LogP) is 3.97. The van der Waals surface area contributed by atoms with Crippen LogP contribution in [0.25, 0.3) is 0 Å². The molecule has 20 heavy (non-hydrogen) atoms. The van der Waals surface area contributed by atoms with Crippen molar-refractivity contribution >= 4 is 11.3 Å². The maximum atomic E-state index is 6.35. The molecule has 0 spiro atoms. The van der Waals surface area contributed by atoms with E-state index >= 15 is 0 Å². The fourth-order valence-electron chi connectivity index (χ4n) is 2.57. The predicted molar refractivity (Wildman–Crippen MR) is 88.0 cm³/mol. The van der Waals surface area contributed by atoms with Crippen LogP contribution in [-0.2, 0) is 6.54 Å². The first kappa shape index (κ1) is 15.2. The number of likely N-dealkylation sites (N-methyl/N-ethyl adjacent to an activating group) is 1. The lowest BCUT2D eigenvalue weighted by molar-refractivity contribution is 0.202. The summed E-state index contributed by atoms with van der Waals surface area (Å²) in [5, 5.41) is 4.34. The average Bonchev–Trinajstić information content (AvgIpc) is 2.95. The minimum Gasteiger partial charge on any atom is -0.326 e. The summed E-state index contributed by atoms with van der Waals surface area (Å²) in [7, 11) is 2.16. The van der Waals surface area contributed by atoms with Crippen molar-refractivity contribution in [2.24, 2.45) is 5.73 Å². The summed E-state index contributed by atoms with van der Waals surface area (Å²) in [4.78, 5) is 2.36. The molecule has 1 aromatic heterocycles. The molecule has 0 fully saturated rings. The number of hydrogen-bond acceptors (Lipinski definition) is 3. The van der Waals surface area contributed by atoms with Crippen molar-refractivity contribution < 1.29 is 0 Å². The number of aryl methyl sites for hydroxylation is 1. The summed E-state index contributed by atoms with van der Waals surface area (Å²) >= 11 is 1.74. The van der Waals surface area contributed by atoms with Crippen LogP contribution in [-0.4, -0.2) is 18.0 Å². The molecule has 1 heterocycles. The summed E-state index contributed by atoms with van der Waals surface area (Å²) in [6.07, 6.45) is 0.985. The van der Waals surface area contributed by atoms with Gasteiger partial charge in [0.1, 0.15) is 0 Å². The largest absolute Gasteiger partial charge is 0.326 e. The van der Waals surface area contributed by atoms with Crippen LogP contribution in [0.4, 0.5) is 0 Å². The Kier molecular flexibility index (Phi) is 5.35. The quantitative estimate of drug-likeness (QED) is 0.871. The third kappa shape index (κ3) is 3.69. The van der Waals surface area contributed by atoms with E-state index < -0.39 is 0 Å². The number of nitrogens with zero attached hydrogens (tertiary/aromatic N) is 1. The highest BCUT2D eigenvalue weighted by atomic mass is 32.1. The zero-order valence-electron chi connectivity index (χ0n) is 12.5. The first-order valence-electron chi connectivity index (χ1n) is 7.15. The molecule has 0 bridgehead atoms. The Bertz CT molecular complexity index is 504. The molecule has 1 aromatic carbocycles. The Hall–Kier alpha value is -1.16. The van der Waals surface area contributed by atoms with Crippen LogP contribution >= 0.6 is 11.3 Å². The van der Waals surface area contributed by atoms with Crippen molar-refractivity contribution in [3.05, 3.63) is 57.8 Å². The van der Waals surface area contributed by atoms with Crippen LogP contribution in [0.1, 0.15) is 36.1 Å². The van der Waals surface area contributed by atoms with Gasteiger partial charge >= 0.3 is 0 Å². The van der Waals surface area contributed by atoms with Crippen LogP contribution in [0.3, 0.4) is 0 Å². The molecule has 0 aliphatic carbocycles. The zero-order chi connectivity index (χ0) is 14.5. The van der Waals surface area contributed by atoms with E-state index in [0.29, 0.717) is 0 Å². The Morgan fingerprint density at radius 2 is 1.90 bits per heavy atom. The van der Waals surface area contributed by atoms with E-state index in [2.05, 4.69) is 66.9 Å². The zero-order valence-corrected chi connectivity index (χ0v) is 13.4. The van der Waals surface area contributed by atoms with Gasteiger partial charge in [0.15, 0.2) is 0 Å². The lowest BCUT2D eigenvalue weighted by Crippen LogP contribution is -2.38. The molecule has 2 N–H and O–H groups in total. The monoisotopic (exact) mass is 288 g/mol. The number of thiophene rings is 1. The minimum atomic E-state index is 0.167. The minimum absolute atomic E-state index is 0.167. The van der Waals surface area contributed by atoms with E-state index in [1.165, 1.54) is 16.7 Å². The fraction of sp³-hybridized carbons (Fsp3) is 0.412. The van der Waals surface area contributed by atoms with Crippen LogP contribution in [0.2, 0.25) is 0 Å². The van der Waals surface area contributed by atoms with Gasteiger partial charge in [-0.25, -0.2) is 0 Å². The van der Waals surface area contributed by atoms with Gasteiger partial charge in [-0.15, -0.1) is 0 Å². The highest BCUT2D eigenvalue weighted by Crippen LogP contribution is 2.27. The summed E-state index contributed by atoms with van der Waals surface area (Å²) in [6.45, 7) is 5.20. The number of nitrogens with two attached hydrogens (primary N) is 1. The van der Waals surface area contributed by atoms with Gasteiger partial charge in [-0.1, -0.05) is 36.8 Å². The van der Waals surface area contributed by atoms with Crippen LogP contribution in [0.5, 0.6) is 0 Å². The van der Waals surface area contributed by atoms with E-state index in [4.69, 9.17) is 5.73 Å². The highest BCUT2D eigenvalue weighted by molar-refractivity contribution is 7.07. The van der Waals surface area contributed by atoms with E-state index in [1.54, 1.807) is 11.3 Å². The van der Waals surface area contributed by atoms with Gasteiger partial charge in [-0.3, -0.25) is 4.90 Å². The molecule has 0 saturated carbocycles. The molecule has 2 aromatic rings. The molecule has 2 atom stereocenters. The second kappa shape index (κ2) is 7.02. The van der Waals surface area contributed by atoms with Crippen molar-refractivity contribution in [3.8, 4) is 0 Å². The smallest absolute Gasteiger partial charge is 0.0507 e. The Morgan fingerprint density at radius 1 is 1.20 bits per heavy atom. The van der Waals surface area contributed by atoms with Gasteiger partial charge in [-0.05, 0) is 48.3 Å². The second-order valence-corrected chi connectivity index (χ2v) is 6.25. The molecule has 0 saturated heterocycles. The summed E-state index contributed by atoms with van der Waals surface area (Å²) in [6, 6.07) is 11.4. The Morgan fingerprint density at radius 3 is 2.45 bits per heavy atom. The summed E-state index contributed by atoms with van der Waals surface area (Å²) < 4.78 is 0.